The minimum absolute atomic E-state index is 0.171. The van der Waals surface area contributed by atoms with Crippen LogP contribution < -0.4 is 10.1 Å². The molecule has 0 aliphatic rings. The Morgan fingerprint density at radius 3 is 2.29 bits per heavy atom. The van der Waals surface area contributed by atoms with E-state index < -0.39 is 0 Å². The maximum absolute atomic E-state index is 8.79. The summed E-state index contributed by atoms with van der Waals surface area (Å²) in [7, 11) is 0. The Balaban J connectivity index is 0.000000336. The van der Waals surface area contributed by atoms with Crippen molar-refractivity contribution in [3.63, 3.8) is 0 Å². The van der Waals surface area contributed by atoms with E-state index in [-0.39, 0.29) is 6.61 Å². The minimum Gasteiger partial charge on any atom is -0.487 e. The zero-order valence-corrected chi connectivity index (χ0v) is 16.8. The van der Waals surface area contributed by atoms with E-state index in [9.17, 15) is 0 Å². The number of ether oxygens (including phenoxy) is 1. The van der Waals surface area contributed by atoms with Gasteiger partial charge in [0.15, 0.2) is 0 Å². The number of hydrogen-bond donors (Lipinski definition) is 2. The molecule has 5 heteroatoms. The predicted molar refractivity (Wildman–Crippen MR) is 115 cm³/mol. The van der Waals surface area contributed by atoms with Crippen molar-refractivity contribution in [2.75, 3.05) is 13.2 Å². The largest absolute Gasteiger partial charge is 0.487 e. The summed E-state index contributed by atoms with van der Waals surface area (Å²) in [4.78, 5) is 4.23. The summed E-state index contributed by atoms with van der Waals surface area (Å²) in [6, 6.07) is 23.7. The Labute approximate surface area is 172 Å². The van der Waals surface area contributed by atoms with Gasteiger partial charge >= 0.3 is 0 Å². The monoisotopic (exact) mass is 398 g/mol. The molecule has 28 heavy (non-hydrogen) atoms. The standard InChI is InChI=1S/C17H22N2O2.C6H5Cl/c1-14(18-10-11-20)12-15-5-7-17(8-6-15)21-13-16-4-2-3-9-19-16;7-6-4-2-1-3-5-6/h2-9,14,18,20H,10-13H2,1H3;1-5H. The van der Waals surface area contributed by atoms with Gasteiger partial charge in [-0.05, 0) is 55.3 Å². The second-order valence-electron chi connectivity index (χ2n) is 6.33. The van der Waals surface area contributed by atoms with E-state index in [2.05, 4.69) is 29.4 Å². The number of aliphatic hydroxyl groups is 1. The summed E-state index contributed by atoms with van der Waals surface area (Å²) < 4.78 is 5.71. The smallest absolute Gasteiger partial charge is 0.130 e. The third-order valence-corrected chi connectivity index (χ3v) is 4.17. The van der Waals surface area contributed by atoms with E-state index in [4.69, 9.17) is 21.4 Å². The highest BCUT2D eigenvalue weighted by atomic mass is 35.5. The van der Waals surface area contributed by atoms with Crippen molar-refractivity contribution in [1.29, 1.82) is 0 Å². The van der Waals surface area contributed by atoms with Gasteiger partial charge in [0.2, 0.25) is 0 Å². The van der Waals surface area contributed by atoms with E-state index in [0.29, 0.717) is 19.2 Å². The first-order valence-corrected chi connectivity index (χ1v) is 9.71. The van der Waals surface area contributed by atoms with Crippen LogP contribution in [-0.2, 0) is 13.0 Å². The number of rotatable bonds is 8. The Morgan fingerprint density at radius 2 is 1.71 bits per heavy atom. The lowest BCUT2D eigenvalue weighted by Crippen LogP contribution is -2.30. The number of pyridine rings is 1. The summed E-state index contributed by atoms with van der Waals surface area (Å²) in [6.45, 7) is 3.40. The number of nitrogens with one attached hydrogen (secondary N) is 1. The fraction of sp³-hybridized carbons (Fsp3) is 0.261. The van der Waals surface area contributed by atoms with E-state index in [1.54, 1.807) is 6.20 Å². The van der Waals surface area contributed by atoms with Gasteiger partial charge in [0, 0.05) is 23.8 Å². The molecule has 0 aliphatic heterocycles. The Morgan fingerprint density at radius 1 is 1.00 bits per heavy atom. The lowest BCUT2D eigenvalue weighted by molar-refractivity contribution is 0.285. The molecule has 0 saturated heterocycles. The van der Waals surface area contributed by atoms with Crippen LogP contribution in [0.1, 0.15) is 18.2 Å². The van der Waals surface area contributed by atoms with Crippen molar-refractivity contribution < 1.29 is 9.84 Å². The van der Waals surface area contributed by atoms with Gasteiger partial charge in [0.05, 0.1) is 12.3 Å². The molecule has 2 N–H and O–H groups in total. The molecule has 4 nitrogen and oxygen atoms in total. The predicted octanol–water partition coefficient (Wildman–Crippen LogP) is 4.51. The number of hydrogen-bond acceptors (Lipinski definition) is 4. The summed E-state index contributed by atoms with van der Waals surface area (Å²) >= 11 is 5.54. The average molecular weight is 399 g/mol. The Bertz CT molecular complexity index is 768. The summed E-state index contributed by atoms with van der Waals surface area (Å²) in [6.07, 6.45) is 2.70. The van der Waals surface area contributed by atoms with Crippen LogP contribution in [0.15, 0.2) is 79.0 Å². The molecule has 0 spiro atoms. The van der Waals surface area contributed by atoms with Crippen LogP contribution >= 0.6 is 11.6 Å². The van der Waals surface area contributed by atoms with Crippen LogP contribution in [0.5, 0.6) is 5.75 Å². The average Bonchev–Trinajstić information content (AvgIpc) is 2.73. The number of halogens is 1. The Hall–Kier alpha value is -2.40. The van der Waals surface area contributed by atoms with Gasteiger partial charge in [-0.25, -0.2) is 0 Å². The van der Waals surface area contributed by atoms with Gasteiger partial charge in [0.25, 0.3) is 0 Å². The molecule has 2 aromatic carbocycles. The van der Waals surface area contributed by atoms with Crippen molar-refractivity contribution in [1.82, 2.24) is 10.3 Å². The van der Waals surface area contributed by atoms with Crippen LogP contribution in [0, 0.1) is 0 Å². The molecule has 0 fully saturated rings. The van der Waals surface area contributed by atoms with Gasteiger partial charge < -0.3 is 15.2 Å². The third kappa shape index (κ3) is 9.00. The van der Waals surface area contributed by atoms with Gasteiger partial charge in [0.1, 0.15) is 12.4 Å². The zero-order valence-electron chi connectivity index (χ0n) is 16.1. The van der Waals surface area contributed by atoms with E-state index in [1.807, 2.05) is 60.7 Å². The molecule has 1 aromatic heterocycles. The van der Waals surface area contributed by atoms with Gasteiger partial charge in [-0.1, -0.05) is 48.0 Å². The van der Waals surface area contributed by atoms with Crippen LogP contribution in [0.2, 0.25) is 5.02 Å². The second kappa shape index (κ2) is 12.9. The highest BCUT2D eigenvalue weighted by Gasteiger charge is 2.03. The second-order valence-corrected chi connectivity index (χ2v) is 6.77. The van der Waals surface area contributed by atoms with Gasteiger partial charge in [-0.3, -0.25) is 4.98 Å². The summed E-state index contributed by atoms with van der Waals surface area (Å²) in [5.74, 6) is 0.848. The van der Waals surface area contributed by atoms with Gasteiger partial charge in [-0.15, -0.1) is 0 Å². The van der Waals surface area contributed by atoms with Crippen LogP contribution in [0.3, 0.4) is 0 Å². The van der Waals surface area contributed by atoms with Crippen molar-refractivity contribution >= 4 is 11.6 Å². The van der Waals surface area contributed by atoms with Crippen LogP contribution in [0.4, 0.5) is 0 Å². The molecule has 3 aromatic rings. The van der Waals surface area contributed by atoms with Crippen LogP contribution in [-0.4, -0.2) is 29.3 Å². The summed E-state index contributed by atoms with van der Waals surface area (Å²) in [5.41, 5.74) is 2.17. The Kier molecular flexibility index (Phi) is 10.1. The molecule has 0 aliphatic carbocycles. The third-order valence-electron chi connectivity index (χ3n) is 3.92. The lowest BCUT2D eigenvalue weighted by atomic mass is 10.1. The number of aromatic nitrogens is 1. The molecular weight excluding hydrogens is 372 g/mol. The van der Waals surface area contributed by atoms with Crippen molar-refractivity contribution in [2.45, 2.75) is 26.0 Å². The fourth-order valence-electron chi connectivity index (χ4n) is 2.51. The van der Waals surface area contributed by atoms with E-state index >= 15 is 0 Å². The molecule has 1 atom stereocenters. The van der Waals surface area contributed by atoms with Crippen molar-refractivity contribution in [3.8, 4) is 5.75 Å². The molecule has 3 rings (SSSR count). The maximum Gasteiger partial charge on any atom is 0.130 e. The molecule has 0 saturated carbocycles. The van der Waals surface area contributed by atoms with Crippen molar-refractivity contribution in [3.05, 3.63) is 95.3 Å². The van der Waals surface area contributed by atoms with Gasteiger partial charge in [-0.2, -0.15) is 0 Å². The first-order valence-electron chi connectivity index (χ1n) is 9.34. The highest BCUT2D eigenvalue weighted by molar-refractivity contribution is 6.30. The molecular formula is C23H27ClN2O2. The minimum atomic E-state index is 0.171. The first kappa shape index (κ1) is 21.9. The quantitative estimate of drug-likeness (QED) is 0.586. The van der Waals surface area contributed by atoms with Crippen LogP contribution in [0.25, 0.3) is 0 Å². The number of aliphatic hydroxyl groups excluding tert-OH is 1. The van der Waals surface area contributed by atoms with Crippen molar-refractivity contribution in [2.24, 2.45) is 0 Å². The zero-order chi connectivity index (χ0) is 20.0. The normalized spacial score (nSPS) is 11.2. The lowest BCUT2D eigenvalue weighted by Gasteiger charge is -2.13. The highest BCUT2D eigenvalue weighted by Crippen LogP contribution is 2.14. The first-order chi connectivity index (χ1) is 13.7. The molecule has 0 radical (unpaired) electrons. The molecule has 1 unspecified atom stereocenters. The summed E-state index contributed by atoms with van der Waals surface area (Å²) in [5, 5.41) is 12.8. The van der Waals surface area contributed by atoms with E-state index in [0.717, 1.165) is 22.9 Å². The SMILES string of the molecule is CC(Cc1ccc(OCc2ccccn2)cc1)NCCO.Clc1ccccc1. The maximum atomic E-state index is 8.79. The molecule has 0 amide bonds. The number of benzene rings is 2. The number of nitrogens with zero attached hydrogens (tertiary/aromatic N) is 1. The molecule has 1 heterocycles. The molecule has 148 valence electrons. The topological polar surface area (TPSA) is 54.4 Å². The van der Waals surface area contributed by atoms with E-state index in [1.165, 1.54) is 5.56 Å². The fourth-order valence-corrected chi connectivity index (χ4v) is 2.66. The molecule has 0 bridgehead atoms.